The molecule has 9 nitrogen and oxygen atoms in total. The molecule has 0 bridgehead atoms. The van der Waals surface area contributed by atoms with Gasteiger partial charge < -0.3 is 19.7 Å². The average Bonchev–Trinajstić information content (AvgIpc) is 3.45. The van der Waals surface area contributed by atoms with Crippen molar-refractivity contribution in [3.63, 3.8) is 0 Å². The van der Waals surface area contributed by atoms with Crippen LogP contribution in [0.25, 0.3) is 11.0 Å². The summed E-state index contributed by atoms with van der Waals surface area (Å²) in [6.45, 7) is 7.43. The number of hydrogen-bond acceptors (Lipinski definition) is 7. The molecule has 1 aromatic carbocycles. The number of carbonyl (C=O) groups excluding carboxylic acids is 1. The van der Waals surface area contributed by atoms with E-state index in [9.17, 15) is 4.79 Å². The minimum atomic E-state index is -0.141. The van der Waals surface area contributed by atoms with Crippen LogP contribution >= 0.6 is 0 Å². The maximum Gasteiger partial charge on any atom is 0.242 e. The number of amides is 1. The number of aromatic nitrogens is 4. The van der Waals surface area contributed by atoms with Gasteiger partial charge in [-0.05, 0) is 44.4 Å². The molecule has 1 saturated heterocycles. The lowest BCUT2D eigenvalue weighted by atomic mass is 10.2. The third kappa shape index (κ3) is 4.70. The summed E-state index contributed by atoms with van der Waals surface area (Å²) >= 11 is 0. The molecular weight excluding hydrogens is 396 g/mol. The van der Waals surface area contributed by atoms with Crippen LogP contribution in [0.5, 0.6) is 11.5 Å². The molecule has 0 atom stereocenters. The summed E-state index contributed by atoms with van der Waals surface area (Å²) in [7, 11) is 0. The molecule has 1 aliphatic heterocycles. The Labute approximate surface area is 181 Å². The molecule has 1 N–H and O–H groups in total. The molecule has 3 aromatic rings. The van der Waals surface area contributed by atoms with E-state index in [-0.39, 0.29) is 12.5 Å². The van der Waals surface area contributed by atoms with E-state index in [2.05, 4.69) is 25.3 Å². The minimum absolute atomic E-state index is 0.0926. The van der Waals surface area contributed by atoms with Crippen molar-refractivity contribution in [2.45, 2.75) is 39.8 Å². The number of ether oxygens (including phenoxy) is 2. The predicted octanol–water partition coefficient (Wildman–Crippen LogP) is 2.54. The van der Waals surface area contributed by atoms with Gasteiger partial charge in [-0.1, -0.05) is 6.07 Å². The van der Waals surface area contributed by atoms with Gasteiger partial charge in [-0.25, -0.2) is 14.6 Å². The zero-order valence-corrected chi connectivity index (χ0v) is 18.0. The Morgan fingerprint density at radius 3 is 2.65 bits per heavy atom. The van der Waals surface area contributed by atoms with Crippen LogP contribution in [0.2, 0.25) is 0 Å². The van der Waals surface area contributed by atoms with Gasteiger partial charge in [-0.15, -0.1) is 0 Å². The van der Waals surface area contributed by atoms with Gasteiger partial charge in [-0.2, -0.15) is 5.10 Å². The molecule has 1 aliphatic rings. The van der Waals surface area contributed by atoms with E-state index in [1.165, 1.54) is 12.8 Å². The van der Waals surface area contributed by atoms with Crippen molar-refractivity contribution in [1.82, 2.24) is 25.1 Å². The van der Waals surface area contributed by atoms with Crippen LogP contribution in [0.4, 0.5) is 5.82 Å². The molecule has 164 valence electrons. The fraction of sp³-hybridized carbons (Fsp3) is 0.455. The first kappa shape index (κ1) is 20.9. The lowest BCUT2D eigenvalue weighted by Gasteiger charge is -2.16. The Morgan fingerprint density at radius 1 is 1.10 bits per heavy atom. The van der Waals surface area contributed by atoms with Gasteiger partial charge in [0.25, 0.3) is 0 Å². The Kier molecular flexibility index (Phi) is 6.49. The Hall–Kier alpha value is -3.36. The number of fused-ring (bicyclic) bond motifs is 1. The largest absolute Gasteiger partial charge is 0.490 e. The zero-order valence-electron chi connectivity index (χ0n) is 18.0. The highest BCUT2D eigenvalue weighted by Gasteiger charge is 2.19. The minimum Gasteiger partial charge on any atom is -0.490 e. The van der Waals surface area contributed by atoms with Crippen LogP contribution in [-0.2, 0) is 17.9 Å². The second-order valence-electron chi connectivity index (χ2n) is 7.35. The zero-order chi connectivity index (χ0) is 21.6. The van der Waals surface area contributed by atoms with Crippen molar-refractivity contribution in [2.75, 3.05) is 31.2 Å². The number of benzene rings is 1. The van der Waals surface area contributed by atoms with Crippen LogP contribution < -0.4 is 19.7 Å². The summed E-state index contributed by atoms with van der Waals surface area (Å²) in [5, 5.41) is 8.21. The van der Waals surface area contributed by atoms with E-state index in [0.29, 0.717) is 36.9 Å². The van der Waals surface area contributed by atoms with Crippen molar-refractivity contribution in [1.29, 1.82) is 0 Å². The Balaban J connectivity index is 1.42. The maximum atomic E-state index is 12.6. The fourth-order valence-corrected chi connectivity index (χ4v) is 3.78. The van der Waals surface area contributed by atoms with Gasteiger partial charge in [0.15, 0.2) is 17.1 Å². The normalized spacial score (nSPS) is 13.5. The number of nitrogens with zero attached hydrogens (tertiary/aromatic N) is 5. The molecular formula is C22H28N6O3. The molecule has 0 aliphatic carbocycles. The number of hydrogen-bond donors (Lipinski definition) is 1. The molecule has 4 rings (SSSR count). The monoisotopic (exact) mass is 424 g/mol. The van der Waals surface area contributed by atoms with Crippen molar-refractivity contribution >= 4 is 22.8 Å². The van der Waals surface area contributed by atoms with Gasteiger partial charge in [-0.3, -0.25) is 4.79 Å². The van der Waals surface area contributed by atoms with Crippen LogP contribution in [0, 0.1) is 0 Å². The summed E-state index contributed by atoms with van der Waals surface area (Å²) in [6, 6.07) is 5.69. The van der Waals surface area contributed by atoms with E-state index in [4.69, 9.17) is 9.47 Å². The lowest BCUT2D eigenvalue weighted by molar-refractivity contribution is -0.121. The van der Waals surface area contributed by atoms with Gasteiger partial charge in [0, 0.05) is 19.6 Å². The third-order valence-corrected chi connectivity index (χ3v) is 5.21. The molecule has 1 fully saturated rings. The van der Waals surface area contributed by atoms with E-state index in [0.717, 1.165) is 29.9 Å². The van der Waals surface area contributed by atoms with Crippen molar-refractivity contribution in [2.24, 2.45) is 0 Å². The van der Waals surface area contributed by atoms with Crippen LogP contribution in [0.1, 0.15) is 32.3 Å². The summed E-state index contributed by atoms with van der Waals surface area (Å²) in [4.78, 5) is 23.6. The van der Waals surface area contributed by atoms with Gasteiger partial charge >= 0.3 is 0 Å². The van der Waals surface area contributed by atoms with Gasteiger partial charge in [0.2, 0.25) is 5.91 Å². The smallest absolute Gasteiger partial charge is 0.242 e. The van der Waals surface area contributed by atoms with Crippen molar-refractivity contribution in [3.05, 3.63) is 36.3 Å². The van der Waals surface area contributed by atoms with E-state index >= 15 is 0 Å². The maximum absolute atomic E-state index is 12.6. The third-order valence-electron chi connectivity index (χ3n) is 5.21. The molecule has 0 saturated carbocycles. The first-order valence-electron chi connectivity index (χ1n) is 10.8. The standard InChI is InChI=1S/C22H28N6O3/c1-3-30-18-8-7-16(11-19(18)31-4-2)12-23-20(29)14-28-22-17(13-26-28)21(24-15-25-22)27-9-5-6-10-27/h7-8,11,13,15H,3-6,9-10,12,14H2,1-2H3,(H,23,29). The fourth-order valence-electron chi connectivity index (χ4n) is 3.78. The summed E-state index contributed by atoms with van der Waals surface area (Å²) in [5.74, 6) is 2.14. The van der Waals surface area contributed by atoms with Crippen LogP contribution in [0.3, 0.4) is 0 Å². The van der Waals surface area contributed by atoms with Crippen molar-refractivity contribution in [3.8, 4) is 11.5 Å². The highest BCUT2D eigenvalue weighted by Crippen LogP contribution is 2.28. The van der Waals surface area contributed by atoms with Crippen LogP contribution in [-0.4, -0.2) is 52.0 Å². The highest BCUT2D eigenvalue weighted by molar-refractivity contribution is 5.88. The average molecular weight is 425 g/mol. The Morgan fingerprint density at radius 2 is 1.87 bits per heavy atom. The molecule has 9 heteroatoms. The Bertz CT molecular complexity index is 1040. The summed E-state index contributed by atoms with van der Waals surface area (Å²) in [6.07, 6.45) is 5.62. The topological polar surface area (TPSA) is 94.4 Å². The number of carbonyl (C=O) groups is 1. The van der Waals surface area contributed by atoms with Crippen LogP contribution in [0.15, 0.2) is 30.7 Å². The summed E-state index contributed by atoms with van der Waals surface area (Å²) < 4.78 is 12.9. The molecule has 0 unspecified atom stereocenters. The number of rotatable bonds is 9. The lowest BCUT2D eigenvalue weighted by Crippen LogP contribution is -2.27. The highest BCUT2D eigenvalue weighted by atomic mass is 16.5. The number of anilines is 1. The van der Waals surface area contributed by atoms with Gasteiger partial charge in [0.05, 0.1) is 24.8 Å². The van der Waals surface area contributed by atoms with Gasteiger partial charge in [0.1, 0.15) is 18.7 Å². The predicted molar refractivity (Wildman–Crippen MR) is 117 cm³/mol. The first-order chi connectivity index (χ1) is 15.2. The molecule has 0 spiro atoms. The number of nitrogens with one attached hydrogen (secondary N) is 1. The second kappa shape index (κ2) is 9.63. The molecule has 2 aromatic heterocycles. The van der Waals surface area contributed by atoms with E-state index in [1.807, 2.05) is 32.0 Å². The molecule has 31 heavy (non-hydrogen) atoms. The summed E-state index contributed by atoms with van der Waals surface area (Å²) in [5.41, 5.74) is 1.61. The first-order valence-corrected chi connectivity index (χ1v) is 10.8. The second-order valence-corrected chi connectivity index (χ2v) is 7.35. The molecule has 0 radical (unpaired) electrons. The van der Waals surface area contributed by atoms with E-state index in [1.54, 1.807) is 17.2 Å². The SMILES string of the molecule is CCOc1ccc(CNC(=O)Cn2ncc3c(N4CCCC4)ncnc32)cc1OCC. The van der Waals surface area contributed by atoms with Crippen molar-refractivity contribution < 1.29 is 14.3 Å². The molecule has 3 heterocycles. The molecule has 1 amide bonds. The van der Waals surface area contributed by atoms with E-state index < -0.39 is 0 Å². The quantitative estimate of drug-likeness (QED) is 0.564.